The van der Waals surface area contributed by atoms with Crippen molar-refractivity contribution in [3.63, 3.8) is 0 Å². The number of aliphatic carboxylic acids is 1. The van der Waals surface area contributed by atoms with Crippen LogP contribution in [0.5, 0.6) is 5.75 Å². The summed E-state index contributed by atoms with van der Waals surface area (Å²) in [6.07, 6.45) is 0.682. The van der Waals surface area contributed by atoms with Gasteiger partial charge in [0.15, 0.2) is 0 Å². The molecule has 8 heteroatoms. The van der Waals surface area contributed by atoms with Crippen LogP contribution in [0, 0.1) is 6.92 Å². The predicted octanol–water partition coefficient (Wildman–Crippen LogP) is 4.63. The zero-order valence-electron chi connectivity index (χ0n) is 20.5. The summed E-state index contributed by atoms with van der Waals surface area (Å²) >= 11 is 0. The summed E-state index contributed by atoms with van der Waals surface area (Å²) in [4.78, 5) is 28.3. The molecule has 0 aliphatic heterocycles. The average molecular weight is 481 g/mol. The van der Waals surface area contributed by atoms with E-state index in [0.29, 0.717) is 35.8 Å². The Morgan fingerprint density at radius 2 is 1.83 bits per heavy atom. The van der Waals surface area contributed by atoms with Gasteiger partial charge in [-0.25, -0.2) is 9.78 Å². The van der Waals surface area contributed by atoms with Gasteiger partial charge < -0.3 is 24.7 Å². The van der Waals surface area contributed by atoms with Gasteiger partial charge in [-0.2, -0.15) is 0 Å². The molecule has 186 valence electrons. The van der Waals surface area contributed by atoms with Crippen molar-refractivity contribution >= 4 is 11.9 Å². The number of carboxylic acid groups (broad SMARTS) is 1. The summed E-state index contributed by atoms with van der Waals surface area (Å²) in [6.45, 7) is 7.48. The summed E-state index contributed by atoms with van der Waals surface area (Å²) in [7, 11) is 0. The molecule has 8 nitrogen and oxygen atoms in total. The van der Waals surface area contributed by atoms with E-state index < -0.39 is 23.6 Å². The van der Waals surface area contributed by atoms with E-state index in [1.807, 2.05) is 37.3 Å². The van der Waals surface area contributed by atoms with E-state index in [9.17, 15) is 9.59 Å². The topological polar surface area (TPSA) is 125 Å². The molecule has 0 bridgehead atoms. The third-order valence-corrected chi connectivity index (χ3v) is 5.24. The molecule has 2 aromatic carbocycles. The number of benzene rings is 2. The van der Waals surface area contributed by atoms with Crippen LogP contribution in [-0.4, -0.2) is 34.2 Å². The highest BCUT2D eigenvalue weighted by atomic mass is 16.6. The first-order valence-corrected chi connectivity index (χ1v) is 11.5. The Kier molecular flexibility index (Phi) is 8.30. The van der Waals surface area contributed by atoms with E-state index in [1.165, 1.54) is 0 Å². The van der Waals surface area contributed by atoms with Crippen LogP contribution in [-0.2, 0) is 27.2 Å². The Balaban J connectivity index is 1.72. The second kappa shape index (κ2) is 11.2. The first-order valence-electron chi connectivity index (χ1n) is 11.5. The van der Waals surface area contributed by atoms with Gasteiger partial charge in [0, 0.05) is 18.4 Å². The maximum absolute atomic E-state index is 12.6. The van der Waals surface area contributed by atoms with Crippen LogP contribution in [0.25, 0.3) is 11.5 Å². The van der Waals surface area contributed by atoms with Crippen LogP contribution >= 0.6 is 0 Å². The number of aromatic nitrogens is 1. The molecule has 0 saturated carbocycles. The minimum absolute atomic E-state index is 0.0799. The second-order valence-corrected chi connectivity index (χ2v) is 9.25. The SMILES string of the molecule is Cc1oc(-c2ccccc2)nc1CCOc1ccc(CCC(=O)O)c(C(N)C(=O)OC(C)(C)C)c1. The zero-order valence-corrected chi connectivity index (χ0v) is 20.5. The molecule has 3 aromatic rings. The molecular weight excluding hydrogens is 448 g/mol. The number of nitrogens with two attached hydrogens (primary N) is 1. The highest BCUT2D eigenvalue weighted by molar-refractivity contribution is 5.78. The summed E-state index contributed by atoms with van der Waals surface area (Å²) in [5.41, 5.74) is 8.38. The van der Waals surface area contributed by atoms with Crippen molar-refractivity contribution in [2.75, 3.05) is 6.61 Å². The van der Waals surface area contributed by atoms with Crippen LogP contribution < -0.4 is 10.5 Å². The van der Waals surface area contributed by atoms with Crippen molar-refractivity contribution in [1.29, 1.82) is 0 Å². The maximum Gasteiger partial charge on any atom is 0.328 e. The normalized spacial score (nSPS) is 12.3. The van der Waals surface area contributed by atoms with Crippen LogP contribution in [0.15, 0.2) is 52.9 Å². The Morgan fingerprint density at radius 3 is 2.49 bits per heavy atom. The Morgan fingerprint density at radius 1 is 1.11 bits per heavy atom. The molecule has 3 rings (SSSR count). The molecule has 0 spiro atoms. The van der Waals surface area contributed by atoms with Crippen molar-refractivity contribution in [2.45, 2.75) is 58.6 Å². The molecule has 0 aliphatic rings. The lowest BCUT2D eigenvalue weighted by atomic mass is 9.97. The Labute approximate surface area is 205 Å². The highest BCUT2D eigenvalue weighted by Gasteiger charge is 2.26. The third kappa shape index (κ3) is 7.42. The number of aryl methyl sites for hydroxylation is 2. The molecule has 0 aliphatic carbocycles. The number of oxazole rings is 1. The third-order valence-electron chi connectivity index (χ3n) is 5.24. The summed E-state index contributed by atoms with van der Waals surface area (Å²) < 4.78 is 17.2. The van der Waals surface area contributed by atoms with Gasteiger partial charge in [-0.15, -0.1) is 0 Å². The van der Waals surface area contributed by atoms with Gasteiger partial charge in [0.25, 0.3) is 0 Å². The smallest absolute Gasteiger partial charge is 0.328 e. The number of rotatable bonds is 10. The lowest BCUT2D eigenvalue weighted by Gasteiger charge is -2.23. The number of carbonyl (C=O) groups excluding carboxylic acids is 1. The highest BCUT2D eigenvalue weighted by Crippen LogP contribution is 2.27. The quantitative estimate of drug-likeness (QED) is 0.402. The molecule has 0 saturated heterocycles. The molecule has 1 atom stereocenters. The van der Waals surface area contributed by atoms with E-state index in [-0.39, 0.29) is 12.8 Å². The minimum atomic E-state index is -1.06. The molecule has 0 radical (unpaired) electrons. The Hall–Kier alpha value is -3.65. The van der Waals surface area contributed by atoms with Crippen molar-refractivity contribution < 1.29 is 28.6 Å². The van der Waals surface area contributed by atoms with Gasteiger partial charge in [-0.1, -0.05) is 24.3 Å². The maximum atomic E-state index is 12.6. The second-order valence-electron chi connectivity index (χ2n) is 9.25. The van der Waals surface area contributed by atoms with Gasteiger partial charge in [-0.3, -0.25) is 4.79 Å². The Bertz CT molecular complexity index is 1160. The molecule has 1 aromatic heterocycles. The minimum Gasteiger partial charge on any atom is -0.493 e. The summed E-state index contributed by atoms with van der Waals surface area (Å²) in [5, 5.41) is 9.08. The van der Waals surface area contributed by atoms with Crippen LogP contribution in [0.1, 0.15) is 55.8 Å². The first kappa shape index (κ1) is 26.0. The van der Waals surface area contributed by atoms with E-state index in [2.05, 4.69) is 4.98 Å². The summed E-state index contributed by atoms with van der Waals surface area (Å²) in [6, 6.07) is 13.8. The largest absolute Gasteiger partial charge is 0.493 e. The summed E-state index contributed by atoms with van der Waals surface area (Å²) in [5.74, 6) is 0.288. The van der Waals surface area contributed by atoms with E-state index in [1.54, 1.807) is 39.0 Å². The van der Waals surface area contributed by atoms with E-state index >= 15 is 0 Å². The zero-order chi connectivity index (χ0) is 25.6. The van der Waals surface area contributed by atoms with Crippen molar-refractivity contribution in [3.8, 4) is 17.2 Å². The van der Waals surface area contributed by atoms with E-state index in [0.717, 1.165) is 17.0 Å². The van der Waals surface area contributed by atoms with Gasteiger partial charge in [0.05, 0.1) is 12.3 Å². The molecule has 35 heavy (non-hydrogen) atoms. The number of hydrogen-bond acceptors (Lipinski definition) is 7. The van der Waals surface area contributed by atoms with Crippen LogP contribution in [0.3, 0.4) is 0 Å². The molecule has 0 fully saturated rings. The number of carboxylic acids is 1. The van der Waals surface area contributed by atoms with E-state index in [4.69, 9.17) is 24.7 Å². The predicted molar refractivity (Wildman–Crippen MR) is 131 cm³/mol. The molecule has 1 unspecified atom stereocenters. The number of hydrogen-bond donors (Lipinski definition) is 2. The van der Waals surface area contributed by atoms with Gasteiger partial charge in [0.1, 0.15) is 23.2 Å². The lowest BCUT2D eigenvalue weighted by molar-refractivity contribution is -0.156. The van der Waals surface area contributed by atoms with Gasteiger partial charge >= 0.3 is 11.9 Å². The molecule has 1 heterocycles. The van der Waals surface area contributed by atoms with Crippen LogP contribution in [0.2, 0.25) is 0 Å². The standard InChI is InChI=1S/C27H32N2O6/c1-17-22(29-25(34-17)19-8-6-5-7-9-19)14-15-33-20-12-10-18(11-13-23(30)31)21(16-20)24(28)26(32)35-27(2,3)4/h5-10,12,16,24H,11,13-15,28H2,1-4H3,(H,30,31). The number of esters is 1. The monoisotopic (exact) mass is 480 g/mol. The number of ether oxygens (including phenoxy) is 2. The lowest BCUT2D eigenvalue weighted by Crippen LogP contribution is -2.32. The van der Waals surface area contributed by atoms with Gasteiger partial charge in [-0.05, 0) is 69.5 Å². The van der Waals surface area contributed by atoms with Crippen molar-refractivity contribution in [1.82, 2.24) is 4.98 Å². The fourth-order valence-electron chi connectivity index (χ4n) is 3.54. The number of nitrogens with zero attached hydrogens (tertiary/aromatic N) is 1. The fourth-order valence-corrected chi connectivity index (χ4v) is 3.54. The molecule has 0 amide bonds. The number of carbonyl (C=O) groups is 2. The first-order chi connectivity index (χ1) is 16.5. The average Bonchev–Trinajstić information content (AvgIpc) is 3.17. The van der Waals surface area contributed by atoms with Gasteiger partial charge in [0.2, 0.25) is 5.89 Å². The van der Waals surface area contributed by atoms with Crippen molar-refractivity contribution in [2.24, 2.45) is 5.73 Å². The van der Waals surface area contributed by atoms with Crippen molar-refractivity contribution in [3.05, 3.63) is 71.1 Å². The van der Waals surface area contributed by atoms with Crippen LogP contribution in [0.4, 0.5) is 0 Å². The molecular formula is C27H32N2O6. The fraction of sp³-hybridized carbons (Fsp3) is 0.370. The molecule has 3 N–H and O–H groups in total.